The Bertz CT molecular complexity index is 392. The number of carbonyl (C=O) groups excluding carboxylic acids is 1. The van der Waals surface area contributed by atoms with Gasteiger partial charge in [0.25, 0.3) is 0 Å². The summed E-state index contributed by atoms with van der Waals surface area (Å²) in [4.78, 5) is 11.6. The van der Waals surface area contributed by atoms with Gasteiger partial charge in [0.2, 0.25) is 0 Å². The minimum Gasteiger partial charge on any atom is -0.469 e. The standard InChI is InChI=1S/C11H12BrNO2/c1-15-11(14)9-4-5-13-10-6-7(12)2-3-8(9)10/h2-3,6,9,13H,4-5H2,1H3. The Morgan fingerprint density at radius 1 is 1.60 bits per heavy atom. The van der Waals surface area contributed by atoms with E-state index >= 15 is 0 Å². The minimum absolute atomic E-state index is 0.126. The Kier molecular flexibility index (Phi) is 2.95. The maximum absolute atomic E-state index is 11.6. The van der Waals surface area contributed by atoms with E-state index in [0.717, 1.165) is 28.7 Å². The molecule has 80 valence electrons. The molecule has 2 rings (SSSR count). The molecule has 1 N–H and O–H groups in total. The first-order valence-corrected chi connectivity index (χ1v) is 5.63. The smallest absolute Gasteiger partial charge is 0.313 e. The van der Waals surface area contributed by atoms with Gasteiger partial charge in [-0.05, 0) is 24.1 Å². The number of carbonyl (C=O) groups is 1. The molecule has 0 saturated heterocycles. The van der Waals surface area contributed by atoms with E-state index in [1.807, 2.05) is 18.2 Å². The Balaban J connectivity index is 2.38. The summed E-state index contributed by atoms with van der Waals surface area (Å²) >= 11 is 3.41. The first kappa shape index (κ1) is 10.5. The summed E-state index contributed by atoms with van der Waals surface area (Å²) in [5, 5.41) is 3.27. The van der Waals surface area contributed by atoms with Gasteiger partial charge < -0.3 is 10.1 Å². The van der Waals surface area contributed by atoms with E-state index in [9.17, 15) is 4.79 Å². The second-order valence-electron chi connectivity index (χ2n) is 3.52. The van der Waals surface area contributed by atoms with Crippen molar-refractivity contribution in [3.63, 3.8) is 0 Å². The Morgan fingerprint density at radius 2 is 2.40 bits per heavy atom. The van der Waals surface area contributed by atoms with Gasteiger partial charge >= 0.3 is 5.97 Å². The van der Waals surface area contributed by atoms with Crippen LogP contribution in [0.25, 0.3) is 0 Å². The van der Waals surface area contributed by atoms with Crippen molar-refractivity contribution >= 4 is 27.6 Å². The van der Waals surface area contributed by atoms with Crippen LogP contribution in [0.15, 0.2) is 22.7 Å². The van der Waals surface area contributed by atoms with Crippen LogP contribution in [0.3, 0.4) is 0 Å². The fourth-order valence-corrected chi connectivity index (χ4v) is 2.24. The molecule has 1 aliphatic heterocycles. The quantitative estimate of drug-likeness (QED) is 0.797. The lowest BCUT2D eigenvalue weighted by atomic mass is 9.91. The predicted octanol–water partition coefficient (Wildman–Crippen LogP) is 2.52. The van der Waals surface area contributed by atoms with Crippen molar-refractivity contribution in [2.45, 2.75) is 12.3 Å². The van der Waals surface area contributed by atoms with Gasteiger partial charge in [-0.2, -0.15) is 0 Å². The van der Waals surface area contributed by atoms with E-state index in [0.29, 0.717) is 0 Å². The molecule has 1 aromatic carbocycles. The maximum Gasteiger partial charge on any atom is 0.313 e. The highest BCUT2D eigenvalue weighted by molar-refractivity contribution is 9.10. The van der Waals surface area contributed by atoms with Crippen LogP contribution in [0.1, 0.15) is 17.9 Å². The van der Waals surface area contributed by atoms with Crippen LogP contribution in [-0.2, 0) is 9.53 Å². The van der Waals surface area contributed by atoms with Gasteiger partial charge in [-0.1, -0.05) is 22.0 Å². The minimum atomic E-state index is -0.153. The Hall–Kier alpha value is -1.03. The molecule has 0 saturated carbocycles. The molecule has 1 atom stereocenters. The number of benzene rings is 1. The molecule has 1 aliphatic rings. The van der Waals surface area contributed by atoms with Gasteiger partial charge in [-0.3, -0.25) is 4.79 Å². The molecular formula is C11H12BrNO2. The van der Waals surface area contributed by atoms with E-state index < -0.39 is 0 Å². The first-order chi connectivity index (χ1) is 7.22. The van der Waals surface area contributed by atoms with Crippen LogP contribution in [0.2, 0.25) is 0 Å². The normalized spacial score (nSPS) is 18.9. The highest BCUT2D eigenvalue weighted by Gasteiger charge is 2.26. The number of methoxy groups -OCH3 is 1. The van der Waals surface area contributed by atoms with Crippen LogP contribution in [0, 0.1) is 0 Å². The van der Waals surface area contributed by atoms with Crippen LogP contribution in [0.4, 0.5) is 5.69 Å². The fraction of sp³-hybridized carbons (Fsp3) is 0.364. The topological polar surface area (TPSA) is 38.3 Å². The Morgan fingerprint density at radius 3 is 3.13 bits per heavy atom. The molecular weight excluding hydrogens is 258 g/mol. The number of halogens is 1. The molecule has 1 aromatic rings. The van der Waals surface area contributed by atoms with Crippen molar-refractivity contribution in [3.8, 4) is 0 Å². The number of hydrogen-bond acceptors (Lipinski definition) is 3. The fourth-order valence-electron chi connectivity index (χ4n) is 1.88. The lowest BCUT2D eigenvalue weighted by Crippen LogP contribution is -2.23. The van der Waals surface area contributed by atoms with Gasteiger partial charge in [-0.15, -0.1) is 0 Å². The summed E-state index contributed by atoms with van der Waals surface area (Å²) in [6.45, 7) is 0.809. The van der Waals surface area contributed by atoms with Crippen molar-refractivity contribution < 1.29 is 9.53 Å². The van der Waals surface area contributed by atoms with E-state index in [2.05, 4.69) is 21.2 Å². The number of nitrogens with one attached hydrogen (secondary N) is 1. The van der Waals surface area contributed by atoms with Crippen LogP contribution in [0.5, 0.6) is 0 Å². The molecule has 1 unspecified atom stereocenters. The monoisotopic (exact) mass is 269 g/mol. The molecule has 4 heteroatoms. The van der Waals surface area contributed by atoms with Crippen LogP contribution >= 0.6 is 15.9 Å². The van der Waals surface area contributed by atoms with Gasteiger partial charge in [0, 0.05) is 16.7 Å². The summed E-state index contributed by atoms with van der Waals surface area (Å²) < 4.78 is 5.81. The van der Waals surface area contributed by atoms with E-state index in [4.69, 9.17) is 4.74 Å². The lowest BCUT2D eigenvalue weighted by Gasteiger charge is -2.24. The average molecular weight is 270 g/mol. The zero-order chi connectivity index (χ0) is 10.8. The second kappa shape index (κ2) is 4.23. The van der Waals surface area contributed by atoms with Crippen molar-refractivity contribution in [1.82, 2.24) is 0 Å². The van der Waals surface area contributed by atoms with E-state index in [1.165, 1.54) is 7.11 Å². The molecule has 0 bridgehead atoms. The third-order valence-electron chi connectivity index (χ3n) is 2.62. The molecule has 0 aromatic heterocycles. The van der Waals surface area contributed by atoms with Gasteiger partial charge in [0.15, 0.2) is 0 Å². The van der Waals surface area contributed by atoms with E-state index in [1.54, 1.807) is 0 Å². The number of anilines is 1. The zero-order valence-electron chi connectivity index (χ0n) is 8.42. The molecule has 0 fully saturated rings. The largest absolute Gasteiger partial charge is 0.469 e. The van der Waals surface area contributed by atoms with Crippen molar-refractivity contribution in [2.24, 2.45) is 0 Å². The second-order valence-corrected chi connectivity index (χ2v) is 4.44. The molecule has 15 heavy (non-hydrogen) atoms. The Labute approximate surface area is 96.9 Å². The van der Waals surface area contributed by atoms with E-state index in [-0.39, 0.29) is 11.9 Å². The number of fused-ring (bicyclic) bond motifs is 1. The summed E-state index contributed by atoms with van der Waals surface area (Å²) in [6, 6.07) is 5.90. The summed E-state index contributed by atoms with van der Waals surface area (Å²) in [5.74, 6) is -0.278. The summed E-state index contributed by atoms with van der Waals surface area (Å²) in [6.07, 6.45) is 0.793. The molecule has 0 radical (unpaired) electrons. The zero-order valence-corrected chi connectivity index (χ0v) is 10.0. The summed E-state index contributed by atoms with van der Waals surface area (Å²) in [5.41, 5.74) is 2.04. The van der Waals surface area contributed by atoms with Crippen molar-refractivity contribution in [3.05, 3.63) is 28.2 Å². The van der Waals surface area contributed by atoms with Gasteiger partial charge in [-0.25, -0.2) is 0 Å². The average Bonchev–Trinajstić information content (AvgIpc) is 2.26. The number of ether oxygens (including phenoxy) is 1. The van der Waals surface area contributed by atoms with Crippen molar-refractivity contribution in [2.75, 3.05) is 19.0 Å². The van der Waals surface area contributed by atoms with Crippen LogP contribution in [-0.4, -0.2) is 19.6 Å². The lowest BCUT2D eigenvalue weighted by molar-refractivity contribution is -0.142. The number of esters is 1. The van der Waals surface area contributed by atoms with Crippen LogP contribution < -0.4 is 5.32 Å². The SMILES string of the molecule is COC(=O)C1CCNc2cc(Br)ccc21. The first-order valence-electron chi connectivity index (χ1n) is 4.83. The maximum atomic E-state index is 11.6. The van der Waals surface area contributed by atoms with Crippen molar-refractivity contribution in [1.29, 1.82) is 0 Å². The molecule has 0 aliphatic carbocycles. The molecule has 3 nitrogen and oxygen atoms in total. The number of rotatable bonds is 1. The molecule has 0 spiro atoms. The highest BCUT2D eigenvalue weighted by Crippen LogP contribution is 2.34. The predicted molar refractivity (Wildman–Crippen MR) is 62.0 cm³/mol. The third-order valence-corrected chi connectivity index (χ3v) is 3.12. The molecule has 0 amide bonds. The van der Waals surface area contributed by atoms with Gasteiger partial charge in [0.1, 0.15) is 0 Å². The highest BCUT2D eigenvalue weighted by atomic mass is 79.9. The third kappa shape index (κ3) is 2.00. The molecule has 1 heterocycles. The summed E-state index contributed by atoms with van der Waals surface area (Å²) in [7, 11) is 1.43. The van der Waals surface area contributed by atoms with Gasteiger partial charge in [0.05, 0.1) is 13.0 Å². The number of hydrogen-bond donors (Lipinski definition) is 1.